The average Bonchev–Trinajstić information content (AvgIpc) is 3.38. The molecule has 0 unspecified atom stereocenters. The molecule has 1 aromatic heterocycles. The number of hydrogen-bond donors (Lipinski definition) is 0. The highest BCUT2D eigenvalue weighted by atomic mass is 32.2. The Hall–Kier alpha value is -3.40. The lowest BCUT2D eigenvalue weighted by atomic mass is 10.1. The van der Waals surface area contributed by atoms with E-state index < -0.39 is 4.92 Å². The topological polar surface area (TPSA) is 105 Å². The number of nitro groups is 1. The Morgan fingerprint density at radius 1 is 1.07 bits per heavy atom. The van der Waals surface area contributed by atoms with Crippen molar-refractivity contribution in [2.24, 2.45) is 5.10 Å². The second-order valence-electron chi connectivity index (χ2n) is 6.54. The molecule has 0 saturated carbocycles. The summed E-state index contributed by atoms with van der Waals surface area (Å²) in [7, 11) is 0. The van der Waals surface area contributed by atoms with Crippen molar-refractivity contribution in [1.29, 1.82) is 0 Å². The molecule has 2 aliphatic heterocycles. The van der Waals surface area contributed by atoms with Crippen molar-refractivity contribution in [3.8, 4) is 11.5 Å². The maximum Gasteiger partial charge on any atom is 0.269 e. The normalized spacial score (nSPS) is 14.4. The third kappa shape index (κ3) is 3.42. The Labute approximate surface area is 169 Å². The van der Waals surface area contributed by atoms with Crippen LogP contribution < -0.4 is 9.47 Å². The van der Waals surface area contributed by atoms with Gasteiger partial charge in [0.2, 0.25) is 11.9 Å². The number of thioether (sulfide) groups is 1. The first-order valence-corrected chi connectivity index (χ1v) is 9.94. The molecule has 0 saturated heterocycles. The van der Waals surface area contributed by atoms with Crippen molar-refractivity contribution in [2.75, 3.05) is 12.5 Å². The summed E-state index contributed by atoms with van der Waals surface area (Å²) in [4.78, 5) is 10.4. The summed E-state index contributed by atoms with van der Waals surface area (Å²) < 4.78 is 12.5. The van der Waals surface area contributed by atoms with Crippen LogP contribution in [0.1, 0.15) is 17.0 Å². The SMILES string of the molecule is O=[N+]([O-])c1ccc(C2=Nn3c(CCc4ccc5c(c4)OCO5)nnc3SC2)cc1. The fourth-order valence-corrected chi connectivity index (χ4v) is 4.05. The first kappa shape index (κ1) is 17.7. The molecular formula is C19H15N5O4S. The van der Waals surface area contributed by atoms with Crippen molar-refractivity contribution < 1.29 is 14.4 Å². The minimum atomic E-state index is -0.409. The minimum absolute atomic E-state index is 0.0622. The molecule has 2 aliphatic rings. The monoisotopic (exact) mass is 409 g/mol. The number of hydrogen-bond acceptors (Lipinski definition) is 8. The lowest BCUT2D eigenvalue weighted by Crippen LogP contribution is -2.15. The average molecular weight is 409 g/mol. The maximum atomic E-state index is 10.8. The van der Waals surface area contributed by atoms with E-state index in [2.05, 4.69) is 10.2 Å². The molecule has 9 nitrogen and oxygen atoms in total. The van der Waals surface area contributed by atoms with Gasteiger partial charge in [0.25, 0.3) is 5.69 Å². The lowest BCUT2D eigenvalue weighted by Gasteiger charge is -2.14. The number of aryl methyl sites for hydroxylation is 2. The number of aromatic nitrogens is 3. The van der Waals surface area contributed by atoms with Crippen molar-refractivity contribution in [3.05, 3.63) is 69.5 Å². The van der Waals surface area contributed by atoms with Gasteiger partial charge in [-0.05, 0) is 41.8 Å². The van der Waals surface area contributed by atoms with Gasteiger partial charge in [-0.25, -0.2) is 0 Å². The van der Waals surface area contributed by atoms with E-state index >= 15 is 0 Å². The molecule has 0 radical (unpaired) electrons. The van der Waals surface area contributed by atoms with Crippen molar-refractivity contribution in [1.82, 2.24) is 14.9 Å². The van der Waals surface area contributed by atoms with Gasteiger partial charge in [-0.3, -0.25) is 10.1 Å². The van der Waals surface area contributed by atoms with Gasteiger partial charge in [-0.15, -0.1) is 10.2 Å². The minimum Gasteiger partial charge on any atom is -0.454 e. The van der Waals surface area contributed by atoms with Crippen LogP contribution in [0, 0.1) is 10.1 Å². The predicted molar refractivity (Wildman–Crippen MR) is 106 cm³/mol. The maximum absolute atomic E-state index is 10.8. The van der Waals surface area contributed by atoms with Gasteiger partial charge in [0.05, 0.1) is 10.6 Å². The van der Waals surface area contributed by atoms with Crippen LogP contribution in [0.5, 0.6) is 11.5 Å². The smallest absolute Gasteiger partial charge is 0.269 e. The molecule has 0 fully saturated rings. The van der Waals surface area contributed by atoms with E-state index in [0.717, 1.165) is 45.7 Å². The predicted octanol–water partition coefficient (Wildman–Crippen LogP) is 3.06. The second kappa shape index (κ2) is 7.21. The van der Waals surface area contributed by atoms with E-state index in [1.54, 1.807) is 28.6 Å². The molecule has 3 aromatic rings. The summed E-state index contributed by atoms with van der Waals surface area (Å²) >= 11 is 1.55. The Bertz CT molecular complexity index is 1130. The number of non-ortho nitro benzene ring substituents is 1. The Balaban J connectivity index is 1.36. The van der Waals surface area contributed by atoms with Crippen LogP contribution >= 0.6 is 11.8 Å². The molecule has 29 heavy (non-hydrogen) atoms. The van der Waals surface area contributed by atoms with E-state index in [-0.39, 0.29) is 12.5 Å². The summed E-state index contributed by atoms with van der Waals surface area (Å²) in [5.41, 5.74) is 2.87. The second-order valence-corrected chi connectivity index (χ2v) is 7.48. The largest absolute Gasteiger partial charge is 0.454 e. The number of nitro benzene ring substituents is 1. The summed E-state index contributed by atoms with van der Waals surface area (Å²) in [6, 6.07) is 12.3. The third-order valence-corrected chi connectivity index (χ3v) is 5.65. The van der Waals surface area contributed by atoms with Crippen LogP contribution in [-0.2, 0) is 12.8 Å². The molecule has 3 heterocycles. The van der Waals surface area contributed by atoms with E-state index in [0.29, 0.717) is 12.2 Å². The molecule has 0 N–H and O–H groups in total. The number of nitrogens with zero attached hydrogens (tertiary/aromatic N) is 5. The fraction of sp³-hybridized carbons (Fsp3) is 0.211. The van der Waals surface area contributed by atoms with Gasteiger partial charge in [0, 0.05) is 24.3 Å². The van der Waals surface area contributed by atoms with Gasteiger partial charge in [0.1, 0.15) is 0 Å². The molecule has 0 spiro atoms. The van der Waals surface area contributed by atoms with Gasteiger partial charge in [-0.2, -0.15) is 9.78 Å². The van der Waals surface area contributed by atoms with Gasteiger partial charge in [-0.1, -0.05) is 17.8 Å². The van der Waals surface area contributed by atoms with Crippen LogP contribution in [0.4, 0.5) is 5.69 Å². The zero-order chi connectivity index (χ0) is 19.8. The molecule has 5 rings (SSSR count). The molecule has 0 atom stereocenters. The lowest BCUT2D eigenvalue weighted by molar-refractivity contribution is -0.384. The van der Waals surface area contributed by atoms with E-state index in [9.17, 15) is 10.1 Å². The molecule has 0 aliphatic carbocycles. The van der Waals surface area contributed by atoms with Crippen LogP contribution in [-0.4, -0.2) is 38.1 Å². The first-order chi connectivity index (χ1) is 14.2. The van der Waals surface area contributed by atoms with E-state index in [1.807, 2.05) is 18.2 Å². The fourth-order valence-electron chi connectivity index (χ4n) is 3.19. The third-order valence-electron chi connectivity index (χ3n) is 4.72. The molecule has 146 valence electrons. The number of fused-ring (bicyclic) bond motifs is 2. The molecule has 0 amide bonds. The summed E-state index contributed by atoms with van der Waals surface area (Å²) in [5.74, 6) is 2.93. The Morgan fingerprint density at radius 3 is 2.72 bits per heavy atom. The van der Waals surface area contributed by atoms with Gasteiger partial charge >= 0.3 is 0 Å². The Kier molecular flexibility index (Phi) is 4.39. The highest BCUT2D eigenvalue weighted by Gasteiger charge is 2.20. The highest BCUT2D eigenvalue weighted by Crippen LogP contribution is 2.33. The number of benzene rings is 2. The van der Waals surface area contributed by atoms with E-state index in [1.165, 1.54) is 12.1 Å². The van der Waals surface area contributed by atoms with Crippen molar-refractivity contribution >= 4 is 23.2 Å². The van der Waals surface area contributed by atoms with Gasteiger partial charge in [0.15, 0.2) is 17.3 Å². The van der Waals surface area contributed by atoms with E-state index in [4.69, 9.17) is 14.6 Å². The number of ether oxygens (including phenoxy) is 2. The van der Waals surface area contributed by atoms with Gasteiger partial charge < -0.3 is 9.47 Å². The zero-order valence-electron chi connectivity index (χ0n) is 15.1. The molecule has 0 bridgehead atoms. The highest BCUT2D eigenvalue weighted by molar-refractivity contribution is 7.99. The Morgan fingerprint density at radius 2 is 1.90 bits per heavy atom. The van der Waals surface area contributed by atoms with Crippen LogP contribution in [0.2, 0.25) is 0 Å². The summed E-state index contributed by atoms with van der Waals surface area (Å²) in [5, 5.41) is 24.8. The summed E-state index contributed by atoms with van der Waals surface area (Å²) in [6.07, 6.45) is 1.44. The standard InChI is InChI=1S/C19H15N5O4S/c25-24(26)14-5-3-13(4-6-14)15-10-29-19-21-20-18(23(19)22-15)8-2-12-1-7-16-17(9-12)28-11-27-16/h1,3-7,9H,2,8,10-11H2. The first-order valence-electron chi connectivity index (χ1n) is 8.96. The van der Waals surface area contributed by atoms with Crippen LogP contribution in [0.25, 0.3) is 0 Å². The van der Waals surface area contributed by atoms with Crippen molar-refractivity contribution in [2.45, 2.75) is 18.0 Å². The van der Waals surface area contributed by atoms with Crippen LogP contribution in [0.3, 0.4) is 0 Å². The molecule has 2 aromatic carbocycles. The van der Waals surface area contributed by atoms with Crippen LogP contribution in [0.15, 0.2) is 52.7 Å². The quantitative estimate of drug-likeness (QED) is 0.471. The number of rotatable bonds is 5. The van der Waals surface area contributed by atoms with Crippen molar-refractivity contribution in [3.63, 3.8) is 0 Å². The zero-order valence-corrected chi connectivity index (χ0v) is 16.0. The summed E-state index contributed by atoms with van der Waals surface area (Å²) in [6.45, 7) is 0.258. The molecule has 10 heteroatoms. The molecular weight excluding hydrogens is 394 g/mol.